The van der Waals surface area contributed by atoms with Crippen LogP contribution in [-0.2, 0) is 0 Å². The van der Waals surface area contributed by atoms with E-state index in [0.29, 0.717) is 61.1 Å². The molecular weight excluding hydrogens is 1610 g/mol. The van der Waals surface area contributed by atoms with Gasteiger partial charge in [-0.2, -0.15) is 0 Å². The van der Waals surface area contributed by atoms with E-state index in [1.54, 1.807) is 0 Å². The highest BCUT2D eigenvalue weighted by Gasteiger charge is 2.26. The number of benzene rings is 26. The Balaban J connectivity index is 0.000000126. The molecule has 0 aliphatic carbocycles. The summed E-state index contributed by atoms with van der Waals surface area (Å²) in [6.45, 7) is 0. The van der Waals surface area contributed by atoms with E-state index in [4.69, 9.17) is 47.5 Å². The molecule has 3 heterocycles. The largest absolute Gasteiger partial charge is 0.456 e. The SMILES string of the molecule is [2H]c1c([2H])c([2H])c2c(-c3cccc4cc5c(cc34)oc3ccccc35)c3c([2H])c([2H])c([2H])c([2H])c3c(-c3ccc(-c4cccc5ccccc45)cc3)c2c1[2H].[2H]c1c([2H])c([2H])c2c(-c3cccc4cc5c(cc34)oc3ccccc35)c3c([2H])c([2H])c([2H])c([2H])c3c(-c3ccc4ccccc4c3)c2c1[2H].[2H]c1c([2H])c([2H])c2c([2H])c(-c3c4c([2H])c([2H])c([2H])c([2H])c4c(-c4c([2H])c([2H])c5c(oc6c7c([2H])c([2H])c([2H])c([2H])c7c7c([2H])c([2H])c([2H])c([2H])c7c65)c4[2H])c4c([2H])c([2H])c([2H])c([2H])c34)c([2H])c([2H])c2c1[2H]. The van der Waals surface area contributed by atoms with Crippen LogP contribution in [-0.4, -0.2) is 0 Å². The molecule has 3 aromatic heterocycles. The van der Waals surface area contributed by atoms with Gasteiger partial charge < -0.3 is 13.3 Å². The van der Waals surface area contributed by atoms with E-state index in [2.05, 4.69) is 18.2 Å². The number of hydrogen-bond acceptors (Lipinski definition) is 3. The van der Waals surface area contributed by atoms with Gasteiger partial charge in [0.25, 0.3) is 0 Å². The summed E-state index contributed by atoms with van der Waals surface area (Å²) in [5.41, 5.74) is 4.16. The van der Waals surface area contributed by atoms with Crippen molar-refractivity contribution in [3.8, 4) is 77.9 Å². The second-order valence-electron chi connectivity index (χ2n) is 32.1. The van der Waals surface area contributed by atoms with Gasteiger partial charge in [0, 0.05) is 37.7 Å². The maximum atomic E-state index is 9.84. The van der Waals surface area contributed by atoms with Gasteiger partial charge in [-0.15, -0.1) is 0 Å². The average molecular weight is 1730 g/mol. The number of fused-ring (bicyclic) bond motifs is 25. The van der Waals surface area contributed by atoms with Crippen molar-refractivity contribution in [3.63, 3.8) is 0 Å². The fraction of sp³-hybridized carbons (Fsp3) is 0. The highest BCUT2D eigenvalue weighted by molar-refractivity contribution is 6.32. The molecule has 0 aliphatic heterocycles. The molecule has 3 heteroatoms. The lowest BCUT2D eigenvalue weighted by Crippen LogP contribution is -1.92. The highest BCUT2D eigenvalue weighted by atomic mass is 16.3. The molecule has 0 saturated heterocycles. The van der Waals surface area contributed by atoms with Gasteiger partial charge in [0.15, 0.2) is 0 Å². The van der Waals surface area contributed by atoms with Crippen molar-refractivity contribution in [3.05, 3.63) is 472 Å². The van der Waals surface area contributed by atoms with E-state index in [9.17, 15) is 23.3 Å². The van der Waals surface area contributed by atoms with Gasteiger partial charge >= 0.3 is 0 Å². The average Bonchev–Trinajstić information content (AvgIpc) is 1.59. The van der Waals surface area contributed by atoms with Crippen LogP contribution in [0.5, 0.6) is 0 Å². The second kappa shape index (κ2) is 30.6. The molecule has 0 radical (unpaired) electrons. The molecule has 26 aromatic carbocycles. The summed E-state index contributed by atoms with van der Waals surface area (Å²) < 4.78 is 397. The van der Waals surface area contributed by atoms with Gasteiger partial charge in [-0.05, 0) is 273 Å². The van der Waals surface area contributed by atoms with Gasteiger partial charge in [0.2, 0.25) is 0 Å². The molecule has 29 rings (SSSR count). The zero-order chi connectivity index (χ0) is 124. The summed E-state index contributed by atoms with van der Waals surface area (Å²) in [4.78, 5) is 0. The molecule has 0 unspecified atom stereocenters. The molecular formula is C130H78O3. The molecule has 0 saturated carbocycles. The second-order valence-corrected chi connectivity index (χ2v) is 32.1. The van der Waals surface area contributed by atoms with Crippen molar-refractivity contribution in [2.45, 2.75) is 0 Å². The number of para-hydroxylation sites is 2. The minimum atomic E-state index is -0.970. The molecule has 0 atom stereocenters. The molecule has 133 heavy (non-hydrogen) atoms. The predicted octanol–water partition coefficient (Wildman–Crippen LogP) is 37.4. The Kier molecular flexibility index (Phi) is 10.4. The first-order valence-electron chi connectivity index (χ1n) is 63.4. The Morgan fingerprint density at radius 1 is 0.150 bits per heavy atom. The van der Waals surface area contributed by atoms with Crippen LogP contribution in [0.15, 0.2) is 485 Å². The van der Waals surface area contributed by atoms with Crippen molar-refractivity contribution < 1.29 is 70.8 Å². The number of rotatable bonds is 7. The Labute approximate surface area is 823 Å². The summed E-state index contributed by atoms with van der Waals surface area (Å²) in [6, 6.07) is 41.7. The van der Waals surface area contributed by atoms with Crippen LogP contribution in [0, 0.1) is 0 Å². The standard InChI is InChI=1S/C46H28O.C44H26O.C40H24O/c1-2-14-33-29(11-1)12-9-20-34(33)30-23-25-31(26-24-30)45-36-16-3-5-18-38(36)46(39-19-6-4-17-37(39)45)40-21-10-13-32-27-42-35-15-7-8-22-43(35)47-44(42)28-41(32)40;1-2-12-28-25-29(22-21-27(28)11-1)41-34-16-6-8-18-36(34)42(37-19-9-7-17-35(37)41)30-23-24-39-40(26-30)45-44-38-20-10-4-14-32(38)31-13-3-5-15-33(31)43(39)44;1-2-11-26-22-28(21-20-25(26)10-1)39-30-14-3-5-16-32(30)40(33-17-6-4-15-31(33)39)34-18-9-12-27-23-36-29-13-7-8-19-37(29)41-38(36)24-35(27)34/h1-28H;1-26H;1-24H/i3D,4D,5D,6D,16D,17D,18D,19D;1D,2D,3D,4D,5D,6D,7D,8D,9D,10D,11D,12D,13D,14D,15D,16D,17D,18D,19D,20D,21D,22D,23D,24D,25D,26D;3D,4D,5D,6D,14D,15D,16D,17D. The van der Waals surface area contributed by atoms with E-state index >= 15 is 0 Å². The van der Waals surface area contributed by atoms with Gasteiger partial charge in [-0.3, -0.25) is 0 Å². The molecule has 3 nitrogen and oxygen atoms in total. The van der Waals surface area contributed by atoms with Crippen LogP contribution in [0.2, 0.25) is 0 Å². The summed E-state index contributed by atoms with van der Waals surface area (Å²) >= 11 is 0. The minimum Gasteiger partial charge on any atom is -0.456 e. The molecule has 0 spiro atoms. The zero-order valence-electron chi connectivity index (χ0n) is 111. The zero-order valence-corrected chi connectivity index (χ0v) is 69.0. The van der Waals surface area contributed by atoms with E-state index in [0.717, 1.165) is 81.5 Å². The first-order chi connectivity index (χ1) is 83.4. The molecule has 0 aliphatic rings. The lowest BCUT2D eigenvalue weighted by atomic mass is 9.84. The molecule has 0 amide bonds. The Morgan fingerprint density at radius 2 is 0.519 bits per heavy atom. The summed E-state index contributed by atoms with van der Waals surface area (Å²) in [7, 11) is 0. The lowest BCUT2D eigenvalue weighted by Gasteiger charge is -2.19. The van der Waals surface area contributed by atoms with Crippen LogP contribution in [0.3, 0.4) is 0 Å². The Bertz CT molecular complexity index is 12500. The maximum Gasteiger partial charge on any atom is 0.143 e. The van der Waals surface area contributed by atoms with E-state index in [1.807, 2.05) is 200 Å². The quantitative estimate of drug-likeness (QED) is 0.118. The lowest BCUT2D eigenvalue weighted by molar-refractivity contribution is 0.669. The third-order valence-corrected chi connectivity index (χ3v) is 25.0. The first kappa shape index (κ1) is 45.0. The summed E-state index contributed by atoms with van der Waals surface area (Å²) in [5, 5.41) is 5.94. The molecule has 0 N–H and O–H groups in total. The van der Waals surface area contributed by atoms with Gasteiger partial charge in [0.1, 0.15) is 33.5 Å². The monoisotopic (exact) mass is 1730 g/mol. The van der Waals surface area contributed by atoms with Crippen molar-refractivity contribution in [2.24, 2.45) is 0 Å². The third kappa shape index (κ3) is 12.2. The third-order valence-electron chi connectivity index (χ3n) is 25.0. The van der Waals surface area contributed by atoms with E-state index in [-0.39, 0.29) is 96.8 Å². The van der Waals surface area contributed by atoms with Crippen molar-refractivity contribution in [1.82, 2.24) is 0 Å². The fourth-order valence-corrected chi connectivity index (χ4v) is 19.3. The Hall–Kier alpha value is -17.5. The highest BCUT2D eigenvalue weighted by Crippen LogP contribution is 2.52. The topological polar surface area (TPSA) is 39.4 Å². The molecule has 0 fully saturated rings. The van der Waals surface area contributed by atoms with Crippen LogP contribution in [0.1, 0.15) is 57.6 Å². The van der Waals surface area contributed by atoms with Crippen LogP contribution >= 0.6 is 0 Å². The van der Waals surface area contributed by atoms with Gasteiger partial charge in [-0.25, -0.2) is 0 Å². The maximum absolute atomic E-state index is 9.84. The van der Waals surface area contributed by atoms with E-state index in [1.165, 1.54) is 0 Å². The molecule has 616 valence electrons. The molecule has 0 bridgehead atoms. The van der Waals surface area contributed by atoms with Crippen molar-refractivity contribution >= 4 is 206 Å². The fourth-order valence-electron chi connectivity index (χ4n) is 19.3. The van der Waals surface area contributed by atoms with Crippen molar-refractivity contribution in [2.75, 3.05) is 0 Å². The van der Waals surface area contributed by atoms with Crippen LogP contribution in [0.25, 0.3) is 284 Å². The summed E-state index contributed by atoms with van der Waals surface area (Å²) in [5.74, 6) is 0. The number of furan rings is 3. The van der Waals surface area contributed by atoms with Crippen LogP contribution < -0.4 is 0 Å². The number of hydrogen-bond donors (Lipinski definition) is 0. The minimum absolute atomic E-state index is 0.175. The molecule has 29 aromatic rings. The smallest absolute Gasteiger partial charge is 0.143 e. The van der Waals surface area contributed by atoms with Crippen LogP contribution in [0.4, 0.5) is 0 Å². The van der Waals surface area contributed by atoms with Crippen molar-refractivity contribution in [1.29, 1.82) is 0 Å². The predicted molar refractivity (Wildman–Crippen MR) is 567 cm³/mol. The van der Waals surface area contributed by atoms with Gasteiger partial charge in [0.05, 0.1) is 57.6 Å². The van der Waals surface area contributed by atoms with E-state index < -0.39 is 298 Å². The normalized spacial score (nSPS) is 16.3. The Morgan fingerprint density at radius 3 is 1.05 bits per heavy atom. The first-order valence-corrected chi connectivity index (χ1v) is 42.4. The summed E-state index contributed by atoms with van der Waals surface area (Å²) in [6.07, 6.45) is 0. The van der Waals surface area contributed by atoms with Gasteiger partial charge in [-0.1, -0.05) is 412 Å².